The Balaban J connectivity index is 1.54. The Morgan fingerprint density at radius 2 is 2.03 bits per heavy atom. The van der Waals surface area contributed by atoms with E-state index in [1.807, 2.05) is 18.2 Å². The number of rotatable bonds is 5. The molecule has 1 aliphatic rings. The van der Waals surface area contributed by atoms with E-state index in [0.29, 0.717) is 46.9 Å². The Kier molecular flexibility index (Phi) is 5.01. The van der Waals surface area contributed by atoms with E-state index in [1.54, 1.807) is 37.4 Å². The van der Waals surface area contributed by atoms with E-state index >= 15 is 0 Å². The topological polar surface area (TPSA) is 86.4 Å². The van der Waals surface area contributed by atoms with Crippen LogP contribution in [0.2, 0.25) is 0 Å². The Morgan fingerprint density at radius 3 is 2.84 bits per heavy atom. The van der Waals surface area contributed by atoms with E-state index in [9.17, 15) is 4.79 Å². The van der Waals surface area contributed by atoms with Crippen LogP contribution in [0.3, 0.4) is 0 Å². The second-order valence-electron chi connectivity index (χ2n) is 6.57. The SMILES string of the molecule is COc1ccc2nc(N(/N=C/c3ccco3)C(=O)c3ccc4c(c3)OCCO4)sc2c1. The Hall–Kier alpha value is -3.85. The number of ether oxygens (including phenoxy) is 3. The van der Waals surface area contributed by atoms with Gasteiger partial charge < -0.3 is 18.6 Å². The van der Waals surface area contributed by atoms with E-state index < -0.39 is 0 Å². The number of carbonyl (C=O) groups excluding carboxylic acids is 1. The van der Waals surface area contributed by atoms with Gasteiger partial charge in [-0.15, -0.1) is 0 Å². The van der Waals surface area contributed by atoms with Crippen LogP contribution < -0.4 is 19.2 Å². The van der Waals surface area contributed by atoms with E-state index in [1.165, 1.54) is 28.8 Å². The Bertz CT molecular complexity index is 1270. The average Bonchev–Trinajstić information content (AvgIpc) is 3.48. The van der Waals surface area contributed by atoms with Gasteiger partial charge in [0.25, 0.3) is 5.91 Å². The summed E-state index contributed by atoms with van der Waals surface area (Å²) in [5.74, 6) is 2.02. The van der Waals surface area contributed by atoms with E-state index in [2.05, 4.69) is 10.1 Å². The van der Waals surface area contributed by atoms with Gasteiger partial charge in [-0.25, -0.2) is 4.98 Å². The Morgan fingerprint density at radius 1 is 1.16 bits per heavy atom. The molecule has 4 aromatic rings. The molecule has 0 unspecified atom stereocenters. The number of nitrogens with zero attached hydrogens (tertiary/aromatic N) is 3. The predicted molar refractivity (Wildman–Crippen MR) is 117 cm³/mol. The quantitative estimate of drug-likeness (QED) is 0.342. The molecule has 5 rings (SSSR count). The maximum absolute atomic E-state index is 13.4. The number of fused-ring (bicyclic) bond motifs is 2. The molecule has 0 radical (unpaired) electrons. The fraction of sp³-hybridized carbons (Fsp3) is 0.136. The molecule has 0 saturated carbocycles. The minimum Gasteiger partial charge on any atom is -0.497 e. The number of hydrogen-bond donors (Lipinski definition) is 0. The maximum atomic E-state index is 13.4. The van der Waals surface area contributed by atoms with Crippen LogP contribution in [0.4, 0.5) is 5.13 Å². The van der Waals surface area contributed by atoms with Crippen molar-refractivity contribution in [3.8, 4) is 17.2 Å². The largest absolute Gasteiger partial charge is 0.497 e. The first-order valence-electron chi connectivity index (χ1n) is 9.47. The summed E-state index contributed by atoms with van der Waals surface area (Å²) >= 11 is 1.34. The molecule has 0 N–H and O–H groups in total. The van der Waals surface area contributed by atoms with Crippen molar-refractivity contribution in [3.05, 3.63) is 66.1 Å². The molecule has 1 aliphatic heterocycles. The summed E-state index contributed by atoms with van der Waals surface area (Å²) in [6.45, 7) is 0.916. The summed E-state index contributed by atoms with van der Waals surface area (Å²) in [7, 11) is 1.61. The van der Waals surface area contributed by atoms with Crippen molar-refractivity contribution in [3.63, 3.8) is 0 Å². The lowest BCUT2D eigenvalue weighted by Crippen LogP contribution is -2.26. The summed E-state index contributed by atoms with van der Waals surface area (Å²) in [6.07, 6.45) is 3.01. The number of amides is 1. The molecule has 0 aliphatic carbocycles. The minimum absolute atomic E-state index is 0.356. The normalized spacial score (nSPS) is 12.9. The van der Waals surface area contributed by atoms with Gasteiger partial charge >= 0.3 is 0 Å². The summed E-state index contributed by atoms with van der Waals surface area (Å²) in [4.78, 5) is 18.0. The van der Waals surface area contributed by atoms with E-state index in [0.717, 1.165) is 10.2 Å². The van der Waals surface area contributed by atoms with Gasteiger partial charge in [-0.3, -0.25) is 4.79 Å². The van der Waals surface area contributed by atoms with Crippen LogP contribution >= 0.6 is 11.3 Å². The van der Waals surface area contributed by atoms with Crippen LogP contribution in [0.5, 0.6) is 17.2 Å². The zero-order valence-corrected chi connectivity index (χ0v) is 17.3. The number of thiazole rings is 1. The van der Waals surface area contributed by atoms with Crippen molar-refractivity contribution in [2.24, 2.45) is 5.10 Å². The van der Waals surface area contributed by atoms with Gasteiger partial charge in [-0.2, -0.15) is 10.1 Å². The first-order valence-corrected chi connectivity index (χ1v) is 10.3. The molecule has 3 heterocycles. The summed E-state index contributed by atoms with van der Waals surface area (Å²) in [6, 6.07) is 14.1. The maximum Gasteiger partial charge on any atom is 0.280 e. The highest BCUT2D eigenvalue weighted by Gasteiger charge is 2.23. The van der Waals surface area contributed by atoms with Crippen molar-refractivity contribution in [2.75, 3.05) is 25.3 Å². The minimum atomic E-state index is -0.356. The van der Waals surface area contributed by atoms with E-state index in [-0.39, 0.29) is 5.91 Å². The van der Waals surface area contributed by atoms with Crippen LogP contribution in [-0.2, 0) is 0 Å². The standard InChI is InChI=1S/C22H17N3O5S/c1-27-15-5-6-17-20(12-15)31-22(24-17)25(23-13-16-3-2-8-28-16)21(26)14-4-7-18-19(11-14)30-10-9-29-18/h2-8,11-13H,9-10H2,1H3/b23-13+. The Labute approximate surface area is 181 Å². The number of hydrazone groups is 1. The summed E-state index contributed by atoms with van der Waals surface area (Å²) in [5, 5.41) is 6.05. The third kappa shape index (κ3) is 3.82. The fourth-order valence-electron chi connectivity index (χ4n) is 3.08. The van der Waals surface area contributed by atoms with Crippen LogP contribution in [0.1, 0.15) is 16.1 Å². The lowest BCUT2D eigenvalue weighted by Gasteiger charge is -2.19. The molecule has 156 valence electrons. The van der Waals surface area contributed by atoms with Gasteiger partial charge in [-0.1, -0.05) is 11.3 Å². The zero-order valence-electron chi connectivity index (χ0n) is 16.5. The molecule has 0 saturated heterocycles. The molecule has 0 atom stereocenters. The third-order valence-electron chi connectivity index (χ3n) is 4.59. The smallest absolute Gasteiger partial charge is 0.280 e. The fourth-order valence-corrected chi connectivity index (χ4v) is 4.03. The molecule has 8 nitrogen and oxygen atoms in total. The molecule has 1 amide bonds. The van der Waals surface area contributed by atoms with Crippen molar-refractivity contribution in [2.45, 2.75) is 0 Å². The van der Waals surface area contributed by atoms with Gasteiger partial charge in [0.1, 0.15) is 24.7 Å². The van der Waals surface area contributed by atoms with Gasteiger partial charge in [-0.05, 0) is 48.5 Å². The number of anilines is 1. The first kappa shape index (κ1) is 19.1. The number of hydrogen-bond acceptors (Lipinski definition) is 8. The average molecular weight is 435 g/mol. The van der Waals surface area contributed by atoms with Gasteiger partial charge in [0, 0.05) is 5.56 Å². The molecule has 2 aromatic heterocycles. The first-order chi connectivity index (χ1) is 15.2. The molecular formula is C22H17N3O5S. The highest BCUT2D eigenvalue weighted by atomic mass is 32.1. The second kappa shape index (κ2) is 8.11. The summed E-state index contributed by atoms with van der Waals surface area (Å²) in [5.41, 5.74) is 1.15. The van der Waals surface area contributed by atoms with Gasteiger partial charge in [0.15, 0.2) is 11.5 Å². The van der Waals surface area contributed by atoms with Crippen LogP contribution in [0.25, 0.3) is 10.2 Å². The van der Waals surface area contributed by atoms with E-state index in [4.69, 9.17) is 18.6 Å². The molecule has 0 bridgehead atoms. The van der Waals surface area contributed by atoms with Crippen molar-refractivity contribution < 1.29 is 23.4 Å². The van der Waals surface area contributed by atoms with Crippen LogP contribution in [-0.4, -0.2) is 37.4 Å². The number of carbonyl (C=O) groups is 1. The third-order valence-corrected chi connectivity index (χ3v) is 5.58. The van der Waals surface area contributed by atoms with Crippen molar-refractivity contribution >= 4 is 38.8 Å². The monoisotopic (exact) mass is 435 g/mol. The molecular weight excluding hydrogens is 418 g/mol. The number of benzene rings is 2. The number of aromatic nitrogens is 1. The molecule has 0 fully saturated rings. The van der Waals surface area contributed by atoms with Crippen molar-refractivity contribution in [1.82, 2.24) is 4.98 Å². The summed E-state index contributed by atoms with van der Waals surface area (Å²) < 4.78 is 22.6. The lowest BCUT2D eigenvalue weighted by atomic mass is 10.2. The van der Waals surface area contributed by atoms with Crippen LogP contribution in [0, 0.1) is 0 Å². The molecule has 9 heteroatoms. The predicted octanol–water partition coefficient (Wildman–Crippen LogP) is 4.35. The highest BCUT2D eigenvalue weighted by molar-refractivity contribution is 7.22. The van der Waals surface area contributed by atoms with Crippen molar-refractivity contribution in [1.29, 1.82) is 0 Å². The number of furan rings is 1. The second-order valence-corrected chi connectivity index (χ2v) is 7.57. The molecule has 31 heavy (non-hydrogen) atoms. The highest BCUT2D eigenvalue weighted by Crippen LogP contribution is 2.34. The van der Waals surface area contributed by atoms with Crippen LogP contribution in [0.15, 0.2) is 64.3 Å². The zero-order chi connectivity index (χ0) is 21.2. The van der Waals surface area contributed by atoms with Gasteiger partial charge in [0.05, 0.1) is 29.8 Å². The molecule has 0 spiro atoms. The molecule has 2 aromatic carbocycles. The lowest BCUT2D eigenvalue weighted by molar-refractivity contribution is 0.0986. The number of methoxy groups -OCH3 is 1. The van der Waals surface area contributed by atoms with Gasteiger partial charge in [0.2, 0.25) is 5.13 Å².